The van der Waals surface area contributed by atoms with Crippen LogP contribution in [0.1, 0.15) is 6.42 Å². The molecule has 1 amide bonds. The Balaban J connectivity index is 2.22. The Morgan fingerprint density at radius 2 is 1.85 bits per heavy atom. The van der Waals surface area contributed by atoms with Crippen LogP contribution >= 0.6 is 0 Å². The molecule has 7 nitrogen and oxygen atoms in total. The number of hydrogen-bond acceptors (Lipinski definition) is 5. The number of amides is 1. The number of carboxylic acid groups (broad SMARTS) is 1. The maximum Gasteiger partial charge on any atom is 0.334 e. The van der Waals surface area contributed by atoms with Crippen LogP contribution in [0.4, 0.5) is 0 Å². The van der Waals surface area contributed by atoms with E-state index in [9.17, 15) is 9.59 Å². The van der Waals surface area contributed by atoms with E-state index >= 15 is 0 Å². The molecule has 1 rings (SSSR count). The molecule has 0 bridgehead atoms. The zero-order chi connectivity index (χ0) is 15.0. The summed E-state index contributed by atoms with van der Waals surface area (Å²) in [6.07, 6.45) is -1.53. The van der Waals surface area contributed by atoms with Crippen LogP contribution in [-0.2, 0) is 9.59 Å². The van der Waals surface area contributed by atoms with Crippen LogP contribution in [0.3, 0.4) is 0 Å². The number of methoxy groups -OCH3 is 1. The van der Waals surface area contributed by atoms with Crippen LogP contribution in [0.25, 0.3) is 0 Å². The minimum atomic E-state index is -1.60. The number of benzene rings is 1. The summed E-state index contributed by atoms with van der Waals surface area (Å²) in [4.78, 5) is 21.7. The number of aliphatic carboxylic acids is 1. The van der Waals surface area contributed by atoms with E-state index in [1.54, 1.807) is 31.4 Å². The molecule has 0 saturated carbocycles. The van der Waals surface area contributed by atoms with Gasteiger partial charge in [-0.1, -0.05) is 0 Å². The van der Waals surface area contributed by atoms with Crippen molar-refractivity contribution >= 4 is 11.9 Å². The smallest absolute Gasteiger partial charge is 0.334 e. The molecule has 0 saturated heterocycles. The lowest BCUT2D eigenvalue weighted by atomic mass is 10.3. The van der Waals surface area contributed by atoms with E-state index in [1.165, 1.54) is 0 Å². The van der Waals surface area contributed by atoms with E-state index in [0.29, 0.717) is 11.5 Å². The summed E-state index contributed by atoms with van der Waals surface area (Å²) >= 11 is 0. The van der Waals surface area contributed by atoms with Crippen molar-refractivity contribution in [2.75, 3.05) is 20.3 Å². The zero-order valence-corrected chi connectivity index (χ0v) is 11.0. The summed E-state index contributed by atoms with van der Waals surface area (Å²) in [6, 6.07) is 6.90. The number of aliphatic hydroxyl groups is 1. The van der Waals surface area contributed by atoms with Crippen LogP contribution in [0.2, 0.25) is 0 Å². The van der Waals surface area contributed by atoms with Crippen LogP contribution in [0, 0.1) is 0 Å². The Hall–Kier alpha value is -2.28. The number of carboxylic acids is 1. The highest BCUT2D eigenvalue weighted by molar-refractivity contribution is 5.78. The number of carbonyl (C=O) groups excluding carboxylic acids is 1. The molecule has 0 fully saturated rings. The molecule has 0 unspecified atom stereocenters. The Bertz CT molecular complexity index is 445. The minimum absolute atomic E-state index is 0.0678. The van der Waals surface area contributed by atoms with Crippen molar-refractivity contribution in [3.05, 3.63) is 24.3 Å². The lowest BCUT2D eigenvalue weighted by molar-refractivity contribution is -0.146. The van der Waals surface area contributed by atoms with Crippen molar-refractivity contribution in [1.29, 1.82) is 0 Å². The number of carbonyl (C=O) groups is 2. The van der Waals surface area contributed by atoms with E-state index in [-0.39, 0.29) is 25.5 Å². The van der Waals surface area contributed by atoms with Gasteiger partial charge in [-0.05, 0) is 24.3 Å². The topological polar surface area (TPSA) is 105 Å². The normalized spacial score (nSPS) is 11.5. The zero-order valence-electron chi connectivity index (χ0n) is 11.0. The maximum absolute atomic E-state index is 11.3. The van der Waals surface area contributed by atoms with Crippen molar-refractivity contribution in [1.82, 2.24) is 5.32 Å². The molecule has 0 aliphatic heterocycles. The first-order valence-electron chi connectivity index (χ1n) is 5.97. The molecule has 0 radical (unpaired) electrons. The van der Waals surface area contributed by atoms with Crippen LogP contribution in [0.15, 0.2) is 24.3 Å². The molecule has 1 atom stereocenters. The highest BCUT2D eigenvalue weighted by Crippen LogP contribution is 2.16. The van der Waals surface area contributed by atoms with E-state index < -0.39 is 12.1 Å². The molecule has 110 valence electrons. The van der Waals surface area contributed by atoms with E-state index in [1.807, 2.05) is 0 Å². The SMILES string of the molecule is COc1ccc(OCCC(=O)NC[C@H](O)C(=O)O)cc1. The number of hydrogen-bond donors (Lipinski definition) is 3. The van der Waals surface area contributed by atoms with Crippen molar-refractivity contribution in [3.8, 4) is 11.5 Å². The minimum Gasteiger partial charge on any atom is -0.497 e. The van der Waals surface area contributed by atoms with Gasteiger partial charge in [-0.3, -0.25) is 4.79 Å². The number of nitrogens with one attached hydrogen (secondary N) is 1. The monoisotopic (exact) mass is 283 g/mol. The molecule has 0 aliphatic carbocycles. The molecule has 0 aliphatic rings. The lowest BCUT2D eigenvalue weighted by Gasteiger charge is -2.09. The molecular weight excluding hydrogens is 266 g/mol. The van der Waals surface area contributed by atoms with Crippen molar-refractivity contribution < 1.29 is 29.3 Å². The number of rotatable bonds is 8. The summed E-state index contributed by atoms with van der Waals surface area (Å²) in [7, 11) is 1.56. The van der Waals surface area contributed by atoms with Crippen LogP contribution < -0.4 is 14.8 Å². The first-order chi connectivity index (χ1) is 9.52. The van der Waals surface area contributed by atoms with Gasteiger partial charge in [0.1, 0.15) is 11.5 Å². The average molecular weight is 283 g/mol. The summed E-state index contributed by atoms with van der Waals surface area (Å²) in [5.41, 5.74) is 0. The maximum atomic E-state index is 11.3. The van der Waals surface area contributed by atoms with E-state index in [4.69, 9.17) is 19.7 Å². The highest BCUT2D eigenvalue weighted by atomic mass is 16.5. The second-order valence-electron chi connectivity index (χ2n) is 3.93. The van der Waals surface area contributed by atoms with Gasteiger partial charge < -0.3 is 25.0 Å². The van der Waals surface area contributed by atoms with Gasteiger partial charge in [0.15, 0.2) is 6.10 Å². The van der Waals surface area contributed by atoms with Gasteiger partial charge in [-0.25, -0.2) is 4.79 Å². The van der Waals surface area contributed by atoms with Gasteiger partial charge in [0.05, 0.1) is 26.7 Å². The average Bonchev–Trinajstić information content (AvgIpc) is 2.45. The van der Waals surface area contributed by atoms with Gasteiger partial charge in [-0.2, -0.15) is 0 Å². The van der Waals surface area contributed by atoms with Gasteiger partial charge in [-0.15, -0.1) is 0 Å². The summed E-state index contributed by atoms with van der Waals surface area (Å²) < 4.78 is 10.3. The molecule has 1 aromatic carbocycles. The van der Waals surface area contributed by atoms with Gasteiger partial charge >= 0.3 is 5.97 Å². The Morgan fingerprint density at radius 1 is 1.25 bits per heavy atom. The molecule has 20 heavy (non-hydrogen) atoms. The second kappa shape index (κ2) is 8.00. The lowest BCUT2D eigenvalue weighted by Crippen LogP contribution is -2.36. The van der Waals surface area contributed by atoms with E-state index in [2.05, 4.69) is 5.32 Å². The van der Waals surface area contributed by atoms with Crippen LogP contribution in [0.5, 0.6) is 11.5 Å². The third kappa shape index (κ3) is 5.57. The molecule has 1 aromatic rings. The van der Waals surface area contributed by atoms with E-state index in [0.717, 1.165) is 0 Å². The second-order valence-corrected chi connectivity index (χ2v) is 3.93. The fourth-order valence-corrected chi connectivity index (χ4v) is 1.32. The van der Waals surface area contributed by atoms with Crippen molar-refractivity contribution in [2.24, 2.45) is 0 Å². The quantitative estimate of drug-likeness (QED) is 0.621. The van der Waals surface area contributed by atoms with Gasteiger partial charge in [0.25, 0.3) is 0 Å². The Morgan fingerprint density at radius 3 is 2.40 bits per heavy atom. The third-order valence-electron chi connectivity index (χ3n) is 2.43. The number of aliphatic hydroxyl groups excluding tert-OH is 1. The first-order valence-corrected chi connectivity index (χ1v) is 5.97. The molecule has 3 N–H and O–H groups in total. The van der Waals surface area contributed by atoms with Crippen molar-refractivity contribution in [3.63, 3.8) is 0 Å². The fourth-order valence-electron chi connectivity index (χ4n) is 1.32. The Labute approximate surface area is 116 Å². The fraction of sp³-hybridized carbons (Fsp3) is 0.385. The first kappa shape index (κ1) is 15.8. The van der Waals surface area contributed by atoms with Crippen LogP contribution in [-0.4, -0.2) is 48.5 Å². The molecule has 7 heteroatoms. The van der Waals surface area contributed by atoms with Gasteiger partial charge in [0, 0.05) is 0 Å². The van der Waals surface area contributed by atoms with Crippen molar-refractivity contribution in [2.45, 2.75) is 12.5 Å². The molecule has 0 heterocycles. The predicted octanol–water partition coefficient (Wildman–Crippen LogP) is 0.0258. The third-order valence-corrected chi connectivity index (χ3v) is 2.43. The largest absolute Gasteiger partial charge is 0.497 e. The number of ether oxygens (including phenoxy) is 2. The predicted molar refractivity (Wildman–Crippen MR) is 69.8 cm³/mol. The molecular formula is C13H17NO6. The molecule has 0 spiro atoms. The molecule has 0 aromatic heterocycles. The Kier molecular flexibility index (Phi) is 6.31. The standard InChI is InChI=1S/C13H17NO6/c1-19-9-2-4-10(5-3-9)20-7-6-12(16)14-8-11(15)13(17)18/h2-5,11,15H,6-8H2,1H3,(H,14,16)(H,17,18)/t11-/m0/s1. The highest BCUT2D eigenvalue weighted by Gasteiger charge is 2.13. The summed E-state index contributed by atoms with van der Waals surface area (Å²) in [5.74, 6) is -0.458. The summed E-state index contributed by atoms with van der Waals surface area (Å²) in [5, 5.41) is 19.7. The van der Waals surface area contributed by atoms with Gasteiger partial charge in [0.2, 0.25) is 5.91 Å². The summed E-state index contributed by atoms with van der Waals surface area (Å²) in [6.45, 7) is -0.169.